The zero-order valence-electron chi connectivity index (χ0n) is 13.9. The Labute approximate surface area is 149 Å². The summed E-state index contributed by atoms with van der Waals surface area (Å²) in [6, 6.07) is 0.895. The van der Waals surface area contributed by atoms with E-state index in [0.29, 0.717) is 6.07 Å². The Bertz CT molecular complexity index is 876. The number of halogens is 6. The van der Waals surface area contributed by atoms with E-state index in [9.17, 15) is 31.1 Å². The van der Waals surface area contributed by atoms with Gasteiger partial charge in [0.25, 0.3) is 5.92 Å². The van der Waals surface area contributed by atoms with Crippen LogP contribution in [0.15, 0.2) is 18.5 Å². The van der Waals surface area contributed by atoms with Crippen LogP contribution in [0.25, 0.3) is 11.4 Å². The van der Waals surface area contributed by atoms with Gasteiger partial charge < -0.3 is 5.32 Å². The summed E-state index contributed by atoms with van der Waals surface area (Å²) in [4.78, 5) is 15.8. The van der Waals surface area contributed by atoms with Crippen LogP contribution >= 0.6 is 0 Å². The van der Waals surface area contributed by atoms with Crippen molar-refractivity contribution in [1.82, 2.24) is 14.8 Å². The van der Waals surface area contributed by atoms with Gasteiger partial charge in [-0.15, -0.1) is 0 Å². The normalized spacial score (nSPS) is 19.3. The van der Waals surface area contributed by atoms with Gasteiger partial charge in [-0.2, -0.15) is 18.3 Å². The Morgan fingerprint density at radius 1 is 1.33 bits per heavy atom. The fraction of sp³-hybridized carbons (Fsp3) is 0.438. The van der Waals surface area contributed by atoms with Gasteiger partial charge in [0.1, 0.15) is 18.1 Å². The van der Waals surface area contributed by atoms with E-state index in [2.05, 4.69) is 10.1 Å². The Morgan fingerprint density at radius 3 is 2.56 bits per heavy atom. The zero-order valence-corrected chi connectivity index (χ0v) is 13.9. The number of anilines is 1. The lowest BCUT2D eigenvalue weighted by Gasteiger charge is -2.19. The molecule has 27 heavy (non-hydrogen) atoms. The van der Waals surface area contributed by atoms with Crippen LogP contribution in [0.5, 0.6) is 0 Å². The molecule has 5 nitrogen and oxygen atoms in total. The Morgan fingerprint density at radius 2 is 2.04 bits per heavy atom. The first-order valence-electron chi connectivity index (χ1n) is 7.94. The molecule has 1 saturated carbocycles. The number of alkyl halides is 5. The number of rotatable bonds is 3. The first-order chi connectivity index (χ1) is 12.5. The smallest absolute Gasteiger partial charge is 0.323 e. The molecule has 0 aliphatic heterocycles. The molecule has 1 aliphatic rings. The number of aromatic nitrogens is 3. The van der Waals surface area contributed by atoms with Gasteiger partial charge in [-0.3, -0.25) is 9.48 Å². The van der Waals surface area contributed by atoms with Gasteiger partial charge in [-0.25, -0.2) is 18.2 Å². The SMILES string of the molecule is Cn1cnc(-c2cc(NC(=O)C3CCCC3(F)F)c(F)cc2C(F)(F)F)n1. The zero-order chi connectivity index (χ0) is 20.0. The Hall–Kier alpha value is -2.59. The number of hydrogen-bond acceptors (Lipinski definition) is 3. The first kappa shape index (κ1) is 19.2. The average molecular weight is 392 g/mol. The number of carbonyl (C=O) groups is 1. The van der Waals surface area contributed by atoms with Crippen molar-refractivity contribution in [2.24, 2.45) is 13.0 Å². The summed E-state index contributed by atoms with van der Waals surface area (Å²) < 4.78 is 82.5. The summed E-state index contributed by atoms with van der Waals surface area (Å²) >= 11 is 0. The van der Waals surface area contributed by atoms with Crippen molar-refractivity contribution in [1.29, 1.82) is 0 Å². The fourth-order valence-electron chi connectivity index (χ4n) is 3.02. The quantitative estimate of drug-likeness (QED) is 0.803. The van der Waals surface area contributed by atoms with E-state index >= 15 is 0 Å². The summed E-state index contributed by atoms with van der Waals surface area (Å²) in [6.07, 6.45) is -4.18. The molecule has 1 aromatic carbocycles. The van der Waals surface area contributed by atoms with Gasteiger partial charge in [-0.1, -0.05) is 0 Å². The molecule has 0 spiro atoms. The van der Waals surface area contributed by atoms with Crippen LogP contribution in [0.1, 0.15) is 24.8 Å². The van der Waals surface area contributed by atoms with Crippen LogP contribution in [-0.4, -0.2) is 26.6 Å². The molecule has 2 aromatic rings. The van der Waals surface area contributed by atoms with E-state index in [-0.39, 0.29) is 24.7 Å². The van der Waals surface area contributed by atoms with Crippen molar-refractivity contribution in [3.05, 3.63) is 29.8 Å². The highest BCUT2D eigenvalue weighted by Gasteiger charge is 2.48. The summed E-state index contributed by atoms with van der Waals surface area (Å²) in [5.74, 6) is -7.77. The van der Waals surface area contributed by atoms with Gasteiger partial charge in [0.05, 0.1) is 11.3 Å². The van der Waals surface area contributed by atoms with E-state index in [1.54, 1.807) is 0 Å². The van der Waals surface area contributed by atoms with E-state index in [1.165, 1.54) is 7.05 Å². The van der Waals surface area contributed by atoms with Crippen LogP contribution in [-0.2, 0) is 18.0 Å². The van der Waals surface area contributed by atoms with Crippen molar-refractivity contribution >= 4 is 11.6 Å². The molecule has 11 heteroatoms. The molecule has 1 atom stereocenters. The van der Waals surface area contributed by atoms with Gasteiger partial charge in [0.2, 0.25) is 5.91 Å². The Kier molecular flexibility index (Phi) is 4.64. The van der Waals surface area contributed by atoms with Gasteiger partial charge in [-0.05, 0) is 25.0 Å². The minimum atomic E-state index is -4.91. The van der Waals surface area contributed by atoms with Crippen LogP contribution in [0.4, 0.5) is 32.0 Å². The predicted octanol–water partition coefficient (Wildman–Crippen LogP) is 4.01. The molecule has 1 N–H and O–H groups in total. The summed E-state index contributed by atoms with van der Waals surface area (Å²) in [7, 11) is 1.43. The minimum absolute atomic E-state index is 0.0876. The monoisotopic (exact) mass is 392 g/mol. The molecule has 0 saturated heterocycles. The van der Waals surface area contributed by atoms with Crippen molar-refractivity contribution < 1.29 is 31.1 Å². The number of hydrogen-bond donors (Lipinski definition) is 1. The van der Waals surface area contributed by atoms with Crippen LogP contribution in [0.3, 0.4) is 0 Å². The highest BCUT2D eigenvalue weighted by atomic mass is 19.4. The maximum Gasteiger partial charge on any atom is 0.417 e. The first-order valence-corrected chi connectivity index (χ1v) is 7.94. The third-order valence-corrected chi connectivity index (χ3v) is 4.34. The highest BCUT2D eigenvalue weighted by Crippen LogP contribution is 2.42. The predicted molar refractivity (Wildman–Crippen MR) is 82.3 cm³/mol. The number of amides is 1. The third kappa shape index (κ3) is 3.76. The van der Waals surface area contributed by atoms with E-state index < -0.39 is 53.0 Å². The molecule has 146 valence electrons. The van der Waals surface area contributed by atoms with Crippen molar-refractivity contribution in [3.63, 3.8) is 0 Å². The molecule has 1 amide bonds. The van der Waals surface area contributed by atoms with Gasteiger partial charge in [0, 0.05) is 19.0 Å². The third-order valence-electron chi connectivity index (χ3n) is 4.34. The largest absolute Gasteiger partial charge is 0.417 e. The van der Waals surface area contributed by atoms with Gasteiger partial charge in [0.15, 0.2) is 5.82 Å². The number of aryl methyl sites for hydroxylation is 1. The van der Waals surface area contributed by atoms with Crippen LogP contribution in [0.2, 0.25) is 0 Å². The van der Waals surface area contributed by atoms with E-state index in [4.69, 9.17) is 0 Å². The molecule has 3 rings (SSSR count). The van der Waals surface area contributed by atoms with Crippen molar-refractivity contribution in [2.45, 2.75) is 31.4 Å². The topological polar surface area (TPSA) is 59.8 Å². The molecule has 1 heterocycles. The molecule has 1 aliphatic carbocycles. The second kappa shape index (κ2) is 6.54. The number of nitrogens with zero attached hydrogens (tertiary/aromatic N) is 3. The lowest BCUT2D eigenvalue weighted by molar-refractivity contribution is -0.137. The minimum Gasteiger partial charge on any atom is -0.323 e. The molecular formula is C16H14F6N4O. The lowest BCUT2D eigenvalue weighted by Crippen LogP contribution is -2.33. The highest BCUT2D eigenvalue weighted by molar-refractivity contribution is 5.94. The van der Waals surface area contributed by atoms with E-state index in [1.807, 2.05) is 5.32 Å². The van der Waals surface area contributed by atoms with E-state index in [0.717, 1.165) is 11.0 Å². The number of nitrogens with one attached hydrogen (secondary N) is 1. The standard InChI is InChI=1S/C16H14F6N4O/c1-26-7-23-13(25-26)8-5-12(11(17)6-10(8)16(20,21)22)24-14(27)9-3-2-4-15(9,18)19/h5-7,9H,2-4H2,1H3,(H,24,27). The summed E-state index contributed by atoms with van der Waals surface area (Å²) in [5, 5.41) is 5.74. The maximum absolute atomic E-state index is 14.2. The molecule has 0 radical (unpaired) electrons. The molecular weight excluding hydrogens is 378 g/mol. The maximum atomic E-state index is 14.2. The van der Waals surface area contributed by atoms with Crippen LogP contribution < -0.4 is 5.32 Å². The lowest BCUT2D eigenvalue weighted by atomic mass is 10.0. The fourth-order valence-corrected chi connectivity index (χ4v) is 3.02. The van der Waals surface area contributed by atoms with Crippen LogP contribution in [0, 0.1) is 11.7 Å². The summed E-state index contributed by atoms with van der Waals surface area (Å²) in [6.45, 7) is 0. The van der Waals surface area contributed by atoms with Crippen molar-refractivity contribution in [2.75, 3.05) is 5.32 Å². The number of benzene rings is 1. The summed E-state index contributed by atoms with van der Waals surface area (Å²) in [5.41, 5.74) is -2.55. The Balaban J connectivity index is 2.00. The molecule has 1 aromatic heterocycles. The number of carbonyl (C=O) groups excluding carboxylic acids is 1. The molecule has 1 unspecified atom stereocenters. The molecule has 0 bridgehead atoms. The second-order valence-corrected chi connectivity index (χ2v) is 6.31. The van der Waals surface area contributed by atoms with Gasteiger partial charge >= 0.3 is 6.18 Å². The molecule has 1 fully saturated rings. The second-order valence-electron chi connectivity index (χ2n) is 6.31. The van der Waals surface area contributed by atoms with Crippen molar-refractivity contribution in [3.8, 4) is 11.4 Å². The average Bonchev–Trinajstić information content (AvgIpc) is 3.13.